The highest BCUT2D eigenvalue weighted by molar-refractivity contribution is 7.90. The first-order valence-electron chi connectivity index (χ1n) is 11.1. The highest BCUT2D eigenvalue weighted by atomic mass is 32.2. The number of benzene rings is 2. The van der Waals surface area contributed by atoms with Crippen LogP contribution in [0.15, 0.2) is 70.0 Å². The third-order valence-corrected chi connectivity index (χ3v) is 6.48. The molecule has 0 saturated carbocycles. The molecule has 2 unspecified atom stereocenters. The fraction of sp³-hybridized carbons (Fsp3) is 0.192. The van der Waals surface area contributed by atoms with Crippen molar-refractivity contribution in [2.75, 3.05) is 5.32 Å². The molecule has 0 aliphatic heterocycles. The van der Waals surface area contributed by atoms with Crippen LogP contribution in [0, 0.1) is 13.8 Å². The quantitative estimate of drug-likeness (QED) is 0.317. The maximum absolute atomic E-state index is 13.3. The second-order valence-electron chi connectivity index (χ2n) is 8.39. The maximum Gasteiger partial charge on any atom is 0.598 e. The van der Waals surface area contributed by atoms with Gasteiger partial charge in [0.25, 0.3) is 0 Å². The zero-order chi connectivity index (χ0) is 26.9. The lowest BCUT2D eigenvalue weighted by Gasteiger charge is -2.20. The molecule has 2 heterocycles. The van der Waals surface area contributed by atoms with E-state index in [1.54, 1.807) is 19.9 Å². The van der Waals surface area contributed by atoms with Crippen LogP contribution in [0.2, 0.25) is 0 Å². The predicted molar refractivity (Wildman–Crippen MR) is 135 cm³/mol. The van der Waals surface area contributed by atoms with Gasteiger partial charge in [-0.25, -0.2) is 4.98 Å². The number of amides is 1. The molecular formula is C26H22F3N3O4S. The van der Waals surface area contributed by atoms with Crippen LogP contribution in [-0.4, -0.2) is 21.0 Å². The number of anilines is 1. The summed E-state index contributed by atoms with van der Waals surface area (Å²) in [5, 5.41) is 3.45. The number of alkyl halides is 3. The van der Waals surface area contributed by atoms with Gasteiger partial charge in [-0.05, 0) is 44.5 Å². The number of aromatic nitrogens is 1. The van der Waals surface area contributed by atoms with Gasteiger partial charge < -0.3 is 14.3 Å². The molecule has 0 aliphatic rings. The molecule has 0 fully saturated rings. The van der Waals surface area contributed by atoms with Gasteiger partial charge in [-0.1, -0.05) is 36.4 Å². The summed E-state index contributed by atoms with van der Waals surface area (Å²) in [5.41, 5.74) is -2.64. The Hall–Kier alpha value is -3.83. The molecule has 0 bridgehead atoms. The second-order valence-corrected chi connectivity index (χ2v) is 9.60. The molecule has 0 spiro atoms. The van der Waals surface area contributed by atoms with Crippen LogP contribution in [0.4, 0.5) is 18.9 Å². The summed E-state index contributed by atoms with van der Waals surface area (Å²) in [4.78, 5) is 29.6. The number of hydrogen-bond donors (Lipinski definition) is 2. The number of carbonyl (C=O) groups excluding carboxylic acids is 1. The van der Waals surface area contributed by atoms with Gasteiger partial charge in [0, 0.05) is 22.9 Å². The summed E-state index contributed by atoms with van der Waals surface area (Å²) in [6.45, 7) is 5.27. The normalized spacial score (nSPS) is 13.3. The molecule has 192 valence electrons. The molecule has 2 aromatic carbocycles. The van der Waals surface area contributed by atoms with Crippen molar-refractivity contribution in [2.45, 2.75) is 32.3 Å². The van der Waals surface area contributed by atoms with Gasteiger partial charge >= 0.3 is 11.4 Å². The molecule has 37 heavy (non-hydrogen) atoms. The van der Waals surface area contributed by atoms with E-state index in [2.05, 4.69) is 10.3 Å². The van der Waals surface area contributed by atoms with Crippen LogP contribution in [0.1, 0.15) is 40.1 Å². The monoisotopic (exact) mass is 529 g/mol. The number of pyridine rings is 1. The minimum absolute atomic E-state index is 0.110. The Balaban J connectivity index is 1.76. The van der Waals surface area contributed by atoms with E-state index in [1.807, 2.05) is 43.3 Å². The smallest absolute Gasteiger partial charge is 0.586 e. The van der Waals surface area contributed by atoms with E-state index in [1.165, 1.54) is 23.1 Å². The third kappa shape index (κ3) is 5.47. The number of rotatable bonds is 6. The van der Waals surface area contributed by atoms with Crippen molar-refractivity contribution in [3.63, 3.8) is 0 Å². The number of carbonyl (C=O) groups is 1. The van der Waals surface area contributed by atoms with Gasteiger partial charge in [0.2, 0.25) is 0 Å². The molecule has 7 nitrogen and oxygen atoms in total. The minimum Gasteiger partial charge on any atom is -0.586 e. The van der Waals surface area contributed by atoms with E-state index < -0.39 is 28.8 Å². The van der Waals surface area contributed by atoms with Gasteiger partial charge in [0.1, 0.15) is 11.3 Å². The molecule has 11 heteroatoms. The highest BCUT2D eigenvalue weighted by Crippen LogP contribution is 2.32. The van der Waals surface area contributed by atoms with Gasteiger partial charge in [-0.2, -0.15) is 4.72 Å². The standard InChI is InChI=1S/C26H22F3N3O4S/c1-14-12-18(24-19(13-14)22(33)15(2)23(36-24)17-8-5-4-6-9-17)16(3)31-20-10-7-11-30-21(20)25(34)32-37(35)26(27,28)29/h4-13,16,31H,1-3H3,(H,32,34). The molecule has 0 saturated heterocycles. The Morgan fingerprint density at radius 2 is 1.81 bits per heavy atom. The largest absolute Gasteiger partial charge is 0.598 e. The fourth-order valence-corrected chi connectivity index (χ4v) is 4.34. The molecule has 2 aromatic heterocycles. The van der Waals surface area contributed by atoms with Crippen molar-refractivity contribution in [2.24, 2.45) is 0 Å². The first-order chi connectivity index (χ1) is 17.5. The fourth-order valence-electron chi connectivity index (χ4n) is 3.96. The molecule has 2 atom stereocenters. The summed E-state index contributed by atoms with van der Waals surface area (Å²) in [5.74, 6) is -0.833. The van der Waals surface area contributed by atoms with Crippen LogP contribution in [0.3, 0.4) is 0 Å². The zero-order valence-corrected chi connectivity index (χ0v) is 20.8. The van der Waals surface area contributed by atoms with Crippen LogP contribution >= 0.6 is 0 Å². The van der Waals surface area contributed by atoms with Crippen molar-refractivity contribution in [3.05, 3.63) is 93.4 Å². The lowest BCUT2D eigenvalue weighted by molar-refractivity contribution is -0.0445. The van der Waals surface area contributed by atoms with Gasteiger partial charge in [0.05, 0.1) is 17.1 Å². The maximum atomic E-state index is 13.3. The molecule has 1 amide bonds. The first-order valence-corrected chi connectivity index (χ1v) is 12.3. The molecule has 4 rings (SSSR count). The van der Waals surface area contributed by atoms with E-state index in [0.29, 0.717) is 27.9 Å². The van der Waals surface area contributed by atoms with Gasteiger partial charge in [-0.3, -0.25) is 9.59 Å². The molecule has 0 radical (unpaired) electrons. The average molecular weight is 530 g/mol. The Labute approximate surface area is 213 Å². The van der Waals surface area contributed by atoms with Crippen molar-refractivity contribution in [1.29, 1.82) is 0 Å². The van der Waals surface area contributed by atoms with E-state index >= 15 is 0 Å². The predicted octanol–water partition coefficient (Wildman–Crippen LogP) is 5.56. The number of hydrogen-bond acceptors (Lipinski definition) is 6. The van der Waals surface area contributed by atoms with Crippen LogP contribution in [0.25, 0.3) is 22.3 Å². The Morgan fingerprint density at radius 3 is 2.49 bits per heavy atom. The molecule has 0 aliphatic carbocycles. The topological polar surface area (TPSA) is 107 Å². The second kappa shape index (κ2) is 10.3. The minimum atomic E-state index is -5.11. The summed E-state index contributed by atoms with van der Waals surface area (Å²) in [6.07, 6.45) is 1.23. The molecule has 4 aromatic rings. The van der Waals surface area contributed by atoms with Crippen molar-refractivity contribution in [3.8, 4) is 11.3 Å². The van der Waals surface area contributed by atoms with E-state index in [-0.39, 0.29) is 16.8 Å². The highest BCUT2D eigenvalue weighted by Gasteiger charge is 2.47. The Bertz CT molecular complexity index is 1520. The Morgan fingerprint density at radius 1 is 1.11 bits per heavy atom. The average Bonchev–Trinajstić information content (AvgIpc) is 2.86. The number of fused-ring (bicyclic) bond motifs is 1. The van der Waals surface area contributed by atoms with Crippen molar-refractivity contribution < 1.29 is 26.9 Å². The van der Waals surface area contributed by atoms with Crippen LogP contribution < -0.4 is 15.5 Å². The number of nitrogens with one attached hydrogen (secondary N) is 2. The summed E-state index contributed by atoms with van der Waals surface area (Å²) >= 11 is -3.59. The van der Waals surface area contributed by atoms with Gasteiger partial charge in [-0.15, -0.1) is 13.2 Å². The number of halogens is 3. The van der Waals surface area contributed by atoms with E-state index in [0.717, 1.165) is 11.1 Å². The third-order valence-electron chi connectivity index (χ3n) is 5.68. The lowest BCUT2D eigenvalue weighted by atomic mass is 9.98. The van der Waals surface area contributed by atoms with Crippen molar-refractivity contribution >= 4 is 33.9 Å². The number of aryl methyl sites for hydroxylation is 1. The first kappa shape index (κ1) is 26.2. The van der Waals surface area contributed by atoms with E-state index in [9.17, 15) is 27.3 Å². The summed E-state index contributed by atoms with van der Waals surface area (Å²) in [6, 6.07) is 15.1. The zero-order valence-electron chi connectivity index (χ0n) is 20.0. The summed E-state index contributed by atoms with van der Waals surface area (Å²) < 4.78 is 57.1. The Kier molecular flexibility index (Phi) is 7.28. The SMILES string of the molecule is Cc1cc(C(C)Nc2cccnc2C(=O)N[S+]([O-])C(F)(F)F)c2oc(-c3ccccc3)c(C)c(=O)c2c1. The lowest BCUT2D eigenvalue weighted by Crippen LogP contribution is -2.40. The van der Waals surface area contributed by atoms with Gasteiger partial charge in [0.15, 0.2) is 22.5 Å². The number of nitrogens with zero attached hydrogens (tertiary/aromatic N) is 1. The van der Waals surface area contributed by atoms with Crippen molar-refractivity contribution in [1.82, 2.24) is 9.71 Å². The summed E-state index contributed by atoms with van der Waals surface area (Å²) in [7, 11) is 0. The van der Waals surface area contributed by atoms with Crippen LogP contribution in [0.5, 0.6) is 0 Å². The molecular weight excluding hydrogens is 507 g/mol. The molecule has 2 N–H and O–H groups in total. The van der Waals surface area contributed by atoms with Crippen LogP contribution in [-0.2, 0) is 11.4 Å². The van der Waals surface area contributed by atoms with E-state index in [4.69, 9.17) is 4.42 Å².